The summed E-state index contributed by atoms with van der Waals surface area (Å²) in [6, 6.07) is 7.08. The summed E-state index contributed by atoms with van der Waals surface area (Å²) in [6.07, 6.45) is 1.70. The van der Waals surface area contributed by atoms with Crippen molar-refractivity contribution in [2.75, 3.05) is 14.2 Å². The summed E-state index contributed by atoms with van der Waals surface area (Å²) in [5.41, 5.74) is 1.78. The second-order valence-corrected chi connectivity index (χ2v) is 5.88. The zero-order valence-corrected chi connectivity index (χ0v) is 13.8. The molecule has 0 spiro atoms. The molecule has 5 heteroatoms. The molecule has 1 aromatic heterocycles. The molecule has 2 heterocycles. The summed E-state index contributed by atoms with van der Waals surface area (Å²) >= 11 is 0. The van der Waals surface area contributed by atoms with Crippen LogP contribution in [0.1, 0.15) is 18.9 Å². The van der Waals surface area contributed by atoms with Gasteiger partial charge < -0.3 is 18.6 Å². The van der Waals surface area contributed by atoms with Crippen molar-refractivity contribution in [1.82, 2.24) is 0 Å². The van der Waals surface area contributed by atoms with Crippen molar-refractivity contribution in [2.45, 2.75) is 25.9 Å². The average molecular weight is 326 g/mol. The molecule has 0 aliphatic carbocycles. The van der Waals surface area contributed by atoms with E-state index >= 15 is 0 Å². The third-order valence-electron chi connectivity index (χ3n) is 4.58. The summed E-state index contributed by atoms with van der Waals surface area (Å²) in [5, 5.41) is 0.934. The molecule has 0 saturated carbocycles. The molecule has 1 aliphatic rings. The molecule has 0 N–H and O–H groups in total. The van der Waals surface area contributed by atoms with E-state index in [0.717, 1.165) is 24.2 Å². The first-order valence-electron chi connectivity index (χ1n) is 7.98. The van der Waals surface area contributed by atoms with Crippen molar-refractivity contribution < 1.29 is 18.6 Å². The fourth-order valence-corrected chi connectivity index (χ4v) is 3.31. The van der Waals surface area contributed by atoms with Crippen molar-refractivity contribution in [3.8, 4) is 17.2 Å². The van der Waals surface area contributed by atoms with E-state index in [2.05, 4.69) is 6.92 Å². The maximum absolute atomic E-state index is 13.1. The van der Waals surface area contributed by atoms with Gasteiger partial charge in [0.25, 0.3) is 0 Å². The number of benzene rings is 2. The van der Waals surface area contributed by atoms with Crippen LogP contribution < -0.4 is 19.6 Å². The summed E-state index contributed by atoms with van der Waals surface area (Å²) in [5.74, 6) is 1.73. The molecule has 0 unspecified atom stereocenters. The van der Waals surface area contributed by atoms with E-state index in [1.807, 2.05) is 0 Å². The molecular formula is C19H18O5. The van der Waals surface area contributed by atoms with Gasteiger partial charge in [0.2, 0.25) is 5.43 Å². The van der Waals surface area contributed by atoms with Crippen LogP contribution >= 0.6 is 0 Å². The molecule has 3 aromatic rings. The third kappa shape index (κ3) is 1.97. The van der Waals surface area contributed by atoms with E-state index in [-0.39, 0.29) is 11.5 Å². The normalized spacial score (nSPS) is 16.2. The van der Waals surface area contributed by atoms with Gasteiger partial charge >= 0.3 is 0 Å². The number of rotatable bonds is 3. The van der Waals surface area contributed by atoms with Crippen LogP contribution in [0.3, 0.4) is 0 Å². The first-order valence-corrected chi connectivity index (χ1v) is 7.98. The van der Waals surface area contributed by atoms with Gasteiger partial charge in [-0.25, -0.2) is 0 Å². The molecule has 0 amide bonds. The second kappa shape index (κ2) is 5.44. The van der Waals surface area contributed by atoms with Crippen LogP contribution in [0.4, 0.5) is 0 Å². The lowest BCUT2D eigenvalue weighted by Gasteiger charge is -2.11. The van der Waals surface area contributed by atoms with Crippen LogP contribution in [0.25, 0.3) is 21.9 Å². The number of hydrogen-bond donors (Lipinski definition) is 0. The number of ether oxygens (including phenoxy) is 3. The summed E-state index contributed by atoms with van der Waals surface area (Å²) in [4.78, 5) is 13.1. The molecule has 0 saturated heterocycles. The lowest BCUT2D eigenvalue weighted by Crippen LogP contribution is -2.10. The highest BCUT2D eigenvalue weighted by molar-refractivity contribution is 5.97. The van der Waals surface area contributed by atoms with Crippen molar-refractivity contribution in [3.63, 3.8) is 0 Å². The average Bonchev–Trinajstić information content (AvgIpc) is 3.04. The quantitative estimate of drug-likeness (QED) is 0.687. The van der Waals surface area contributed by atoms with Gasteiger partial charge in [-0.1, -0.05) is 13.0 Å². The van der Waals surface area contributed by atoms with E-state index in [9.17, 15) is 4.79 Å². The maximum Gasteiger partial charge on any atom is 0.204 e. The minimum Gasteiger partial charge on any atom is -0.496 e. The predicted molar refractivity (Wildman–Crippen MR) is 91.5 cm³/mol. The van der Waals surface area contributed by atoms with Gasteiger partial charge in [-0.2, -0.15) is 0 Å². The number of methoxy groups -OCH3 is 2. The molecule has 1 atom stereocenters. The van der Waals surface area contributed by atoms with E-state index < -0.39 is 0 Å². The van der Waals surface area contributed by atoms with Gasteiger partial charge in [0.1, 0.15) is 28.6 Å². The molecule has 4 rings (SSSR count). The summed E-state index contributed by atoms with van der Waals surface area (Å²) in [7, 11) is 3.10. The summed E-state index contributed by atoms with van der Waals surface area (Å²) in [6.45, 7) is 2.07. The van der Waals surface area contributed by atoms with Gasteiger partial charge in [-0.05, 0) is 18.6 Å². The monoisotopic (exact) mass is 326 g/mol. The maximum atomic E-state index is 13.1. The molecule has 0 radical (unpaired) electrons. The highest BCUT2D eigenvalue weighted by Gasteiger charge is 2.29. The van der Waals surface area contributed by atoms with Crippen LogP contribution in [0.15, 0.2) is 33.5 Å². The van der Waals surface area contributed by atoms with Crippen LogP contribution in [0.5, 0.6) is 17.2 Å². The lowest BCUT2D eigenvalue weighted by atomic mass is 10.0. The molecule has 24 heavy (non-hydrogen) atoms. The van der Waals surface area contributed by atoms with Crippen LogP contribution in [0, 0.1) is 0 Å². The Morgan fingerprint density at radius 2 is 1.96 bits per heavy atom. The molecule has 2 aromatic carbocycles. The zero-order valence-electron chi connectivity index (χ0n) is 13.8. The number of para-hydroxylation sites is 1. The highest BCUT2D eigenvalue weighted by Crippen LogP contribution is 2.41. The Kier molecular flexibility index (Phi) is 3.37. The van der Waals surface area contributed by atoms with Gasteiger partial charge in [0.15, 0.2) is 11.3 Å². The fraction of sp³-hybridized carbons (Fsp3) is 0.316. The minimum absolute atomic E-state index is 0.0916. The van der Waals surface area contributed by atoms with E-state index in [1.54, 1.807) is 38.5 Å². The van der Waals surface area contributed by atoms with Crippen LogP contribution in [0.2, 0.25) is 0 Å². The van der Waals surface area contributed by atoms with Gasteiger partial charge in [-0.3, -0.25) is 4.79 Å². The standard InChI is InChI=1S/C19H18O5/c1-4-10-8-12-14(23-10)9-15(22-3)16-17(20)11-6-5-7-13(21-2)18(11)24-19(12)16/h5-7,9-10H,4,8H2,1-3H3/t10-/m0/s1. The minimum atomic E-state index is -0.121. The van der Waals surface area contributed by atoms with Gasteiger partial charge in [-0.15, -0.1) is 0 Å². The Morgan fingerprint density at radius 1 is 1.17 bits per heavy atom. The predicted octanol–water partition coefficient (Wildman–Crippen LogP) is 3.68. The molecule has 124 valence electrons. The molecule has 0 bridgehead atoms. The van der Waals surface area contributed by atoms with Crippen molar-refractivity contribution in [2.24, 2.45) is 0 Å². The smallest absolute Gasteiger partial charge is 0.204 e. The van der Waals surface area contributed by atoms with Crippen LogP contribution in [-0.4, -0.2) is 20.3 Å². The van der Waals surface area contributed by atoms with Crippen molar-refractivity contribution in [1.29, 1.82) is 0 Å². The third-order valence-corrected chi connectivity index (χ3v) is 4.58. The number of hydrogen-bond acceptors (Lipinski definition) is 5. The Morgan fingerprint density at radius 3 is 2.67 bits per heavy atom. The number of fused-ring (bicyclic) bond motifs is 4. The SMILES string of the molecule is CC[C@H]1Cc2c(cc(OC)c3c(=O)c4cccc(OC)c4oc23)O1. The molecular weight excluding hydrogens is 308 g/mol. The van der Waals surface area contributed by atoms with Crippen molar-refractivity contribution in [3.05, 3.63) is 40.1 Å². The first kappa shape index (κ1) is 14.9. The molecule has 0 fully saturated rings. The highest BCUT2D eigenvalue weighted by atomic mass is 16.5. The zero-order chi connectivity index (χ0) is 16.8. The Bertz CT molecular complexity index is 1000. The summed E-state index contributed by atoms with van der Waals surface area (Å²) < 4.78 is 22.9. The van der Waals surface area contributed by atoms with E-state index in [4.69, 9.17) is 18.6 Å². The second-order valence-electron chi connectivity index (χ2n) is 5.88. The fourth-order valence-electron chi connectivity index (χ4n) is 3.31. The van der Waals surface area contributed by atoms with Crippen LogP contribution in [-0.2, 0) is 6.42 Å². The van der Waals surface area contributed by atoms with Crippen molar-refractivity contribution >= 4 is 21.9 Å². The Balaban J connectivity index is 2.16. The van der Waals surface area contributed by atoms with E-state index in [0.29, 0.717) is 33.4 Å². The van der Waals surface area contributed by atoms with Gasteiger partial charge in [0, 0.05) is 18.1 Å². The van der Waals surface area contributed by atoms with Gasteiger partial charge in [0.05, 0.1) is 19.6 Å². The lowest BCUT2D eigenvalue weighted by molar-refractivity contribution is 0.227. The Labute approximate surface area is 138 Å². The molecule has 5 nitrogen and oxygen atoms in total. The first-order chi connectivity index (χ1) is 11.7. The topological polar surface area (TPSA) is 57.9 Å². The largest absolute Gasteiger partial charge is 0.496 e. The Hall–Kier alpha value is -2.69. The molecule has 1 aliphatic heterocycles. The van der Waals surface area contributed by atoms with E-state index in [1.165, 1.54) is 0 Å².